The molecule has 294 valence electrons. The number of rotatable bonds is 32. The molecule has 1 aliphatic rings. The Kier molecular flexibility index (Phi) is 23.4. The minimum Gasteiger partial charge on any atom is -0.335 e. The third kappa shape index (κ3) is 17.1. The summed E-state index contributed by atoms with van der Waals surface area (Å²) < 4.78 is 3.98. The molecule has 1 aromatic heterocycles. The van der Waals surface area contributed by atoms with E-state index in [1.165, 1.54) is 211 Å². The number of thioether (sulfide) groups is 1. The topological polar surface area (TPSA) is 7.12 Å². The van der Waals surface area contributed by atoms with Gasteiger partial charge in [-0.25, -0.2) is 0 Å². The largest absolute Gasteiger partial charge is 0.335 e. The number of anilines is 1. The fraction of sp³-hybridized carbons (Fsp3) is 0.653. The van der Waals surface area contributed by atoms with E-state index in [1.54, 1.807) is 0 Å². The average molecular weight is 758 g/mol. The highest BCUT2D eigenvalue weighted by Gasteiger charge is 2.24. The summed E-state index contributed by atoms with van der Waals surface area (Å²) in [4.78, 5) is 3.98. The van der Waals surface area contributed by atoms with E-state index in [0.29, 0.717) is 0 Å². The molecule has 2 nitrogen and oxygen atoms in total. The van der Waals surface area contributed by atoms with Gasteiger partial charge in [0.15, 0.2) is 6.54 Å². The maximum absolute atomic E-state index is 2.58. The Hall–Kier alpha value is -2.04. The summed E-state index contributed by atoms with van der Waals surface area (Å²) in [7, 11) is 0. The van der Waals surface area contributed by atoms with Crippen molar-refractivity contribution in [2.45, 2.75) is 205 Å². The molecule has 0 atom stereocenters. The molecule has 53 heavy (non-hydrogen) atoms. The molecule has 2 heterocycles. The number of hydrogen-bond donors (Lipinski definition) is 0. The van der Waals surface area contributed by atoms with Gasteiger partial charge in [-0.3, -0.25) is 0 Å². The molecule has 0 unspecified atom stereocenters. The number of benzene rings is 2. The van der Waals surface area contributed by atoms with Crippen LogP contribution in [0.3, 0.4) is 0 Å². The Morgan fingerprint density at radius 3 is 1.57 bits per heavy atom. The molecular weight excluding hydrogens is 681 g/mol. The fourth-order valence-electron chi connectivity index (χ4n) is 7.96. The molecule has 0 amide bonds. The highest BCUT2D eigenvalue weighted by atomic mass is 32.2. The molecule has 0 spiro atoms. The number of unbranched alkanes of at least 4 members (excludes halogenated alkanes) is 26. The van der Waals surface area contributed by atoms with Crippen LogP contribution in [0.1, 0.15) is 199 Å². The zero-order valence-corrected chi connectivity index (χ0v) is 35.9. The number of thiazole rings is 1. The van der Waals surface area contributed by atoms with E-state index in [0.717, 1.165) is 13.1 Å². The summed E-state index contributed by atoms with van der Waals surface area (Å²) in [5, 5.41) is 2.74. The Bertz CT molecular complexity index is 1420. The Labute approximate surface area is 335 Å². The van der Waals surface area contributed by atoms with Crippen molar-refractivity contribution in [3.8, 4) is 0 Å². The standard InChI is InChI=1S/C49H77N2S2/c1-3-5-7-9-11-13-15-17-19-21-23-25-27-33-42-50-44-36-29-31-38-46(44)52-48(50)40-35-41-49-51(45-37-30-32-39-47(45)53-49)43-34-28-26-24-22-20-18-16-14-12-10-8-6-4-2/h29-32,35-41H,3-28,33-34,42-43H2,1-2H3/q+1. The van der Waals surface area contributed by atoms with Crippen LogP contribution < -0.4 is 9.47 Å². The molecule has 0 N–H and O–H groups in total. The van der Waals surface area contributed by atoms with E-state index >= 15 is 0 Å². The minimum absolute atomic E-state index is 1.11. The Balaban J connectivity index is 1.17. The number of fused-ring (bicyclic) bond motifs is 2. The van der Waals surface area contributed by atoms with Crippen LogP contribution in [0, 0.1) is 0 Å². The first-order chi connectivity index (χ1) is 26.3. The number of aromatic nitrogens is 1. The highest BCUT2D eigenvalue weighted by molar-refractivity contribution is 8.03. The van der Waals surface area contributed by atoms with Crippen LogP contribution in [0.2, 0.25) is 0 Å². The van der Waals surface area contributed by atoms with E-state index in [1.807, 2.05) is 23.1 Å². The predicted molar refractivity (Wildman–Crippen MR) is 239 cm³/mol. The highest BCUT2D eigenvalue weighted by Crippen LogP contribution is 2.46. The summed E-state index contributed by atoms with van der Waals surface area (Å²) >= 11 is 3.88. The third-order valence-corrected chi connectivity index (χ3v) is 13.5. The van der Waals surface area contributed by atoms with Crippen molar-refractivity contribution in [1.29, 1.82) is 0 Å². The predicted octanol–water partition coefficient (Wildman–Crippen LogP) is 16.6. The lowest BCUT2D eigenvalue weighted by Crippen LogP contribution is -2.34. The van der Waals surface area contributed by atoms with Gasteiger partial charge in [-0.15, -0.1) is 0 Å². The van der Waals surface area contributed by atoms with Crippen LogP contribution in [-0.2, 0) is 6.54 Å². The average Bonchev–Trinajstić information content (AvgIpc) is 3.72. The molecule has 0 saturated carbocycles. The van der Waals surface area contributed by atoms with Gasteiger partial charge >= 0.3 is 0 Å². The first-order valence-electron chi connectivity index (χ1n) is 22.7. The van der Waals surface area contributed by atoms with Crippen LogP contribution in [0.25, 0.3) is 16.3 Å². The van der Waals surface area contributed by atoms with E-state index in [2.05, 4.69) is 90.1 Å². The number of allylic oxidation sites excluding steroid dienone is 2. The van der Waals surface area contributed by atoms with Crippen molar-refractivity contribution in [1.82, 2.24) is 0 Å². The van der Waals surface area contributed by atoms with E-state index < -0.39 is 0 Å². The quantitative estimate of drug-likeness (QED) is 0.0462. The first kappa shape index (κ1) is 43.7. The van der Waals surface area contributed by atoms with Crippen LogP contribution in [-0.4, -0.2) is 6.54 Å². The number of nitrogens with zero attached hydrogens (tertiary/aromatic N) is 2. The zero-order valence-electron chi connectivity index (χ0n) is 34.3. The number of aryl methyl sites for hydroxylation is 1. The second kappa shape index (κ2) is 28.4. The van der Waals surface area contributed by atoms with Crippen molar-refractivity contribution in [3.05, 3.63) is 70.7 Å². The molecule has 4 heteroatoms. The van der Waals surface area contributed by atoms with E-state index in [-0.39, 0.29) is 0 Å². The van der Waals surface area contributed by atoms with Crippen molar-refractivity contribution in [2.75, 3.05) is 11.4 Å². The van der Waals surface area contributed by atoms with Crippen LogP contribution in [0.5, 0.6) is 0 Å². The summed E-state index contributed by atoms with van der Waals surface area (Å²) in [5.41, 5.74) is 2.78. The van der Waals surface area contributed by atoms with Gasteiger partial charge < -0.3 is 4.90 Å². The Morgan fingerprint density at radius 1 is 0.528 bits per heavy atom. The van der Waals surface area contributed by atoms with Gasteiger partial charge in [0.1, 0.15) is 4.70 Å². The third-order valence-electron chi connectivity index (χ3n) is 11.2. The van der Waals surface area contributed by atoms with Gasteiger partial charge in [0.2, 0.25) is 5.52 Å². The lowest BCUT2D eigenvalue weighted by atomic mass is 10.0. The normalized spacial score (nSPS) is 13.7. The molecule has 0 aliphatic carbocycles. The number of para-hydroxylation sites is 2. The molecule has 4 rings (SSSR count). The number of hydrogen-bond acceptors (Lipinski definition) is 3. The van der Waals surface area contributed by atoms with Gasteiger partial charge in [-0.2, -0.15) is 4.57 Å². The second-order valence-corrected chi connectivity index (χ2v) is 18.0. The SMILES string of the molecule is CCCCCCCCCCCCCCCCN1C(=CC=Cc2sc3ccccc3[n+]2CCCCCCCCCCCCCCCC)Sc2ccccc21. The molecule has 0 fully saturated rings. The summed E-state index contributed by atoms with van der Waals surface area (Å²) in [5.74, 6) is 0. The maximum atomic E-state index is 2.58. The van der Waals surface area contributed by atoms with Crippen LogP contribution >= 0.6 is 23.1 Å². The molecular formula is C49H77N2S2+. The molecule has 1 aliphatic heterocycles. The van der Waals surface area contributed by atoms with Crippen molar-refractivity contribution < 1.29 is 4.57 Å². The first-order valence-corrected chi connectivity index (χ1v) is 24.3. The molecule has 0 bridgehead atoms. The van der Waals surface area contributed by atoms with Crippen molar-refractivity contribution in [3.63, 3.8) is 0 Å². The monoisotopic (exact) mass is 758 g/mol. The van der Waals surface area contributed by atoms with E-state index in [9.17, 15) is 0 Å². The maximum Gasteiger partial charge on any atom is 0.262 e. The summed E-state index contributed by atoms with van der Waals surface area (Å²) in [6.07, 6.45) is 46.5. The summed E-state index contributed by atoms with van der Waals surface area (Å²) in [6, 6.07) is 18.0. The second-order valence-electron chi connectivity index (χ2n) is 15.8. The molecule has 0 radical (unpaired) electrons. The summed E-state index contributed by atoms with van der Waals surface area (Å²) in [6.45, 7) is 6.84. The van der Waals surface area contributed by atoms with Crippen LogP contribution in [0.4, 0.5) is 5.69 Å². The zero-order chi connectivity index (χ0) is 37.0. The van der Waals surface area contributed by atoms with Gasteiger partial charge in [-0.1, -0.05) is 228 Å². The van der Waals surface area contributed by atoms with Gasteiger partial charge in [0, 0.05) is 30.0 Å². The lowest BCUT2D eigenvalue weighted by molar-refractivity contribution is -0.669. The van der Waals surface area contributed by atoms with Crippen LogP contribution in [0.15, 0.2) is 70.6 Å². The molecule has 0 saturated heterocycles. The Morgan fingerprint density at radius 2 is 1.00 bits per heavy atom. The molecule has 3 aromatic rings. The fourth-order valence-corrected chi connectivity index (χ4v) is 10.2. The minimum atomic E-state index is 1.11. The van der Waals surface area contributed by atoms with Gasteiger partial charge in [-0.05, 0) is 37.1 Å². The smallest absolute Gasteiger partial charge is 0.262 e. The van der Waals surface area contributed by atoms with Crippen molar-refractivity contribution in [2.24, 2.45) is 0 Å². The molecule has 2 aromatic carbocycles. The lowest BCUT2D eigenvalue weighted by Gasteiger charge is -2.20. The van der Waals surface area contributed by atoms with Gasteiger partial charge in [0.05, 0.1) is 10.7 Å². The van der Waals surface area contributed by atoms with Gasteiger partial charge in [0.25, 0.3) is 5.01 Å². The van der Waals surface area contributed by atoms with E-state index in [4.69, 9.17) is 0 Å². The van der Waals surface area contributed by atoms with Crippen molar-refractivity contribution >= 4 is 45.1 Å².